The fraction of sp³-hybridized carbons (Fsp3) is 0.308. The van der Waals surface area contributed by atoms with Gasteiger partial charge in [-0.3, -0.25) is 0 Å². The van der Waals surface area contributed by atoms with Crippen LogP contribution in [-0.2, 0) is 13.0 Å². The number of anilines is 1. The van der Waals surface area contributed by atoms with E-state index in [1.54, 1.807) is 22.3 Å². The smallest absolute Gasteiger partial charge is 0.236 e. The molecule has 2 N–H and O–H groups in total. The average molecular weight is 289 g/mol. The number of oxazole rings is 1. The number of thiophene rings is 1. The fourth-order valence-electron chi connectivity index (χ4n) is 2.01. The molecule has 0 aliphatic rings. The molecular weight excluding hydrogens is 274 g/mol. The lowest BCUT2D eigenvalue weighted by atomic mass is 10.2. The third kappa shape index (κ3) is 2.44. The molecule has 3 rings (SSSR count). The van der Waals surface area contributed by atoms with E-state index in [1.165, 1.54) is 0 Å². The first-order valence-corrected chi connectivity index (χ1v) is 7.32. The first-order valence-electron chi connectivity index (χ1n) is 6.44. The highest BCUT2D eigenvalue weighted by Gasteiger charge is 2.13. The van der Waals surface area contributed by atoms with E-state index < -0.39 is 0 Å². The van der Waals surface area contributed by atoms with Crippen LogP contribution in [-0.4, -0.2) is 20.0 Å². The molecule has 0 atom stereocenters. The summed E-state index contributed by atoms with van der Waals surface area (Å²) in [6, 6.07) is 3.96. The minimum absolute atomic E-state index is 0.494. The topological polar surface area (TPSA) is 82.8 Å². The monoisotopic (exact) mass is 289 g/mol. The SMILES string of the molecule is CCCc1c(N)nnn1Cc1coc(-c2cccs2)n1. The molecule has 0 saturated heterocycles. The standard InChI is InChI=1S/C13H15N5OS/c1-2-4-10-12(14)16-17-18(10)7-9-8-19-13(15-9)11-5-3-6-20-11/h3,5-6,8H,2,4,7,14H2,1H3. The molecule has 3 aromatic rings. The molecule has 0 bridgehead atoms. The van der Waals surface area contributed by atoms with Crippen LogP contribution in [0.4, 0.5) is 5.82 Å². The second-order valence-corrected chi connectivity index (χ2v) is 5.40. The number of aromatic nitrogens is 4. The molecule has 0 radical (unpaired) electrons. The number of rotatable bonds is 5. The Balaban J connectivity index is 1.82. The van der Waals surface area contributed by atoms with Gasteiger partial charge in [-0.05, 0) is 17.9 Å². The number of hydrogen-bond acceptors (Lipinski definition) is 6. The lowest BCUT2D eigenvalue weighted by Crippen LogP contribution is -2.07. The van der Waals surface area contributed by atoms with Gasteiger partial charge in [-0.15, -0.1) is 16.4 Å². The molecule has 0 aliphatic carbocycles. The summed E-state index contributed by atoms with van der Waals surface area (Å²) in [7, 11) is 0. The maximum Gasteiger partial charge on any atom is 0.236 e. The average Bonchev–Trinajstić information content (AvgIpc) is 3.15. The van der Waals surface area contributed by atoms with Gasteiger partial charge in [0, 0.05) is 0 Å². The zero-order valence-electron chi connectivity index (χ0n) is 11.1. The molecule has 7 heteroatoms. The van der Waals surface area contributed by atoms with Crippen molar-refractivity contribution in [2.75, 3.05) is 5.73 Å². The summed E-state index contributed by atoms with van der Waals surface area (Å²) in [6.45, 7) is 2.62. The third-order valence-corrected chi connectivity index (χ3v) is 3.81. The van der Waals surface area contributed by atoms with E-state index in [4.69, 9.17) is 10.2 Å². The van der Waals surface area contributed by atoms with E-state index in [0.717, 1.165) is 29.1 Å². The highest BCUT2D eigenvalue weighted by molar-refractivity contribution is 7.13. The van der Waals surface area contributed by atoms with Gasteiger partial charge in [-0.1, -0.05) is 24.6 Å². The second-order valence-electron chi connectivity index (χ2n) is 4.45. The number of nitrogens with zero attached hydrogens (tertiary/aromatic N) is 4. The molecular formula is C13H15N5OS. The van der Waals surface area contributed by atoms with E-state index in [2.05, 4.69) is 22.2 Å². The lowest BCUT2D eigenvalue weighted by molar-refractivity contribution is 0.566. The number of hydrogen-bond donors (Lipinski definition) is 1. The minimum Gasteiger partial charge on any atom is -0.443 e. The molecule has 3 heterocycles. The van der Waals surface area contributed by atoms with Crippen molar-refractivity contribution in [3.05, 3.63) is 35.2 Å². The summed E-state index contributed by atoms with van der Waals surface area (Å²) in [6.07, 6.45) is 3.51. The summed E-state index contributed by atoms with van der Waals surface area (Å²) < 4.78 is 7.28. The summed E-state index contributed by atoms with van der Waals surface area (Å²) in [5.41, 5.74) is 7.59. The van der Waals surface area contributed by atoms with Crippen LogP contribution in [0.1, 0.15) is 24.7 Å². The maximum absolute atomic E-state index is 5.83. The van der Waals surface area contributed by atoms with E-state index in [-0.39, 0.29) is 0 Å². The van der Waals surface area contributed by atoms with Gasteiger partial charge in [0.15, 0.2) is 5.82 Å². The molecule has 20 heavy (non-hydrogen) atoms. The molecule has 3 aromatic heterocycles. The van der Waals surface area contributed by atoms with E-state index in [1.807, 2.05) is 17.5 Å². The van der Waals surface area contributed by atoms with Crippen LogP contribution in [0.2, 0.25) is 0 Å². The van der Waals surface area contributed by atoms with Gasteiger partial charge in [-0.2, -0.15) is 0 Å². The predicted molar refractivity (Wildman–Crippen MR) is 77.3 cm³/mol. The number of nitrogen functional groups attached to an aromatic ring is 1. The van der Waals surface area contributed by atoms with Crippen molar-refractivity contribution in [3.8, 4) is 10.8 Å². The quantitative estimate of drug-likeness (QED) is 0.780. The van der Waals surface area contributed by atoms with Gasteiger partial charge in [0.05, 0.1) is 17.1 Å². The highest BCUT2D eigenvalue weighted by atomic mass is 32.1. The van der Waals surface area contributed by atoms with Crippen molar-refractivity contribution in [1.29, 1.82) is 0 Å². The Hall–Kier alpha value is -2.15. The van der Waals surface area contributed by atoms with Crippen molar-refractivity contribution in [1.82, 2.24) is 20.0 Å². The van der Waals surface area contributed by atoms with Gasteiger partial charge >= 0.3 is 0 Å². The van der Waals surface area contributed by atoms with Crippen molar-refractivity contribution in [2.24, 2.45) is 0 Å². The van der Waals surface area contributed by atoms with Crippen LogP contribution in [0.15, 0.2) is 28.2 Å². The van der Waals surface area contributed by atoms with Crippen LogP contribution in [0.3, 0.4) is 0 Å². The second kappa shape index (κ2) is 5.46. The largest absolute Gasteiger partial charge is 0.443 e. The van der Waals surface area contributed by atoms with Gasteiger partial charge < -0.3 is 10.2 Å². The van der Waals surface area contributed by atoms with Crippen LogP contribution >= 0.6 is 11.3 Å². The first-order chi connectivity index (χ1) is 9.78. The molecule has 0 amide bonds. The van der Waals surface area contributed by atoms with Crippen LogP contribution in [0.25, 0.3) is 10.8 Å². The summed E-state index contributed by atoms with van der Waals surface area (Å²) in [5, 5.41) is 9.98. The zero-order chi connectivity index (χ0) is 13.9. The Kier molecular flexibility index (Phi) is 3.51. The van der Waals surface area contributed by atoms with Crippen LogP contribution in [0, 0.1) is 0 Å². The number of nitrogens with two attached hydrogens (primary N) is 1. The Labute approximate surface area is 120 Å². The molecule has 0 aromatic carbocycles. The normalized spacial score (nSPS) is 11.1. The third-order valence-electron chi connectivity index (χ3n) is 2.95. The fourth-order valence-corrected chi connectivity index (χ4v) is 2.67. The first kappa shape index (κ1) is 12.9. The molecule has 0 unspecified atom stereocenters. The van der Waals surface area contributed by atoms with Gasteiger partial charge in [-0.25, -0.2) is 9.67 Å². The maximum atomic E-state index is 5.83. The molecule has 6 nitrogen and oxygen atoms in total. The van der Waals surface area contributed by atoms with Gasteiger partial charge in [0.2, 0.25) is 5.89 Å². The zero-order valence-corrected chi connectivity index (χ0v) is 11.9. The van der Waals surface area contributed by atoms with Crippen LogP contribution in [0.5, 0.6) is 0 Å². The Morgan fingerprint density at radius 3 is 3.10 bits per heavy atom. The highest BCUT2D eigenvalue weighted by Crippen LogP contribution is 2.24. The summed E-state index contributed by atoms with van der Waals surface area (Å²) >= 11 is 1.60. The molecule has 0 aliphatic heterocycles. The molecule has 0 spiro atoms. The molecule has 104 valence electrons. The predicted octanol–water partition coefficient (Wildman–Crippen LogP) is 2.58. The van der Waals surface area contributed by atoms with Gasteiger partial charge in [0.1, 0.15) is 12.0 Å². The van der Waals surface area contributed by atoms with Crippen LogP contribution < -0.4 is 5.73 Å². The minimum atomic E-state index is 0.494. The van der Waals surface area contributed by atoms with Crippen molar-refractivity contribution in [3.63, 3.8) is 0 Å². The van der Waals surface area contributed by atoms with E-state index >= 15 is 0 Å². The summed E-state index contributed by atoms with van der Waals surface area (Å²) in [5.74, 6) is 1.13. The molecule has 0 fully saturated rings. The van der Waals surface area contributed by atoms with Crippen molar-refractivity contribution in [2.45, 2.75) is 26.3 Å². The van der Waals surface area contributed by atoms with Crippen molar-refractivity contribution < 1.29 is 4.42 Å². The Morgan fingerprint density at radius 2 is 2.35 bits per heavy atom. The molecule has 0 saturated carbocycles. The van der Waals surface area contributed by atoms with Gasteiger partial charge in [0.25, 0.3) is 0 Å². The van der Waals surface area contributed by atoms with E-state index in [9.17, 15) is 0 Å². The summed E-state index contributed by atoms with van der Waals surface area (Å²) in [4.78, 5) is 5.49. The Morgan fingerprint density at radius 1 is 1.45 bits per heavy atom. The lowest BCUT2D eigenvalue weighted by Gasteiger charge is -2.02. The van der Waals surface area contributed by atoms with Crippen molar-refractivity contribution >= 4 is 17.2 Å². The van der Waals surface area contributed by atoms with E-state index in [0.29, 0.717) is 18.3 Å². The Bertz CT molecular complexity index is 686.